The highest BCUT2D eigenvalue weighted by Gasteiger charge is 2.20. The molecule has 2 fully saturated rings. The first kappa shape index (κ1) is 18.5. The van der Waals surface area contributed by atoms with Gasteiger partial charge in [-0.2, -0.15) is 0 Å². The van der Waals surface area contributed by atoms with Crippen LogP contribution in [0.1, 0.15) is 31.7 Å². The number of hydrogen-bond donors (Lipinski definition) is 2. The molecule has 1 aromatic carbocycles. The number of rotatable bonds is 4. The summed E-state index contributed by atoms with van der Waals surface area (Å²) in [6.45, 7) is 4.04. The van der Waals surface area contributed by atoms with Gasteiger partial charge in [0.15, 0.2) is 0 Å². The molecule has 6 rings (SSSR count). The molecule has 4 aromatic rings. The Bertz CT molecular complexity index is 1200. The maximum Gasteiger partial charge on any atom is 0.228 e. The van der Waals surface area contributed by atoms with Crippen LogP contribution >= 0.6 is 0 Å². The van der Waals surface area contributed by atoms with Gasteiger partial charge in [-0.25, -0.2) is 19.9 Å². The van der Waals surface area contributed by atoms with Gasteiger partial charge in [-0.15, -0.1) is 0 Å². The lowest BCUT2D eigenvalue weighted by Crippen LogP contribution is -2.43. The fourth-order valence-electron chi connectivity index (χ4n) is 4.82. The third-order valence-electron chi connectivity index (χ3n) is 6.47. The number of nitrogens with one attached hydrogen (secondary N) is 2. The average molecular weight is 415 g/mol. The summed E-state index contributed by atoms with van der Waals surface area (Å²) in [6, 6.07) is 8.73. The van der Waals surface area contributed by atoms with Crippen molar-refractivity contribution in [3.05, 3.63) is 43.0 Å². The van der Waals surface area contributed by atoms with Crippen molar-refractivity contribution in [1.82, 2.24) is 29.8 Å². The van der Waals surface area contributed by atoms with Crippen molar-refractivity contribution in [1.29, 1.82) is 0 Å². The van der Waals surface area contributed by atoms with Crippen molar-refractivity contribution in [2.24, 2.45) is 0 Å². The van der Waals surface area contributed by atoms with Crippen LogP contribution in [0.2, 0.25) is 0 Å². The molecule has 0 bridgehead atoms. The highest BCUT2D eigenvalue weighted by atomic mass is 15.2. The maximum atomic E-state index is 4.87. The average Bonchev–Trinajstić information content (AvgIpc) is 3.50. The first-order chi connectivity index (χ1) is 15.3. The molecule has 8 nitrogen and oxygen atoms in total. The van der Waals surface area contributed by atoms with E-state index in [0.717, 1.165) is 59.6 Å². The molecular formula is C23H26N8. The second-order valence-electron chi connectivity index (χ2n) is 8.42. The van der Waals surface area contributed by atoms with E-state index < -0.39 is 0 Å². The lowest BCUT2D eigenvalue weighted by molar-refractivity contribution is 0.533. The number of anilines is 3. The number of pyridine rings is 1. The highest BCUT2D eigenvalue weighted by Crippen LogP contribution is 2.34. The summed E-state index contributed by atoms with van der Waals surface area (Å²) < 4.78 is 2.32. The van der Waals surface area contributed by atoms with E-state index in [1.54, 1.807) is 0 Å². The number of imidazole rings is 1. The van der Waals surface area contributed by atoms with E-state index in [4.69, 9.17) is 4.98 Å². The largest absolute Gasteiger partial charge is 0.368 e. The van der Waals surface area contributed by atoms with Gasteiger partial charge in [0, 0.05) is 43.8 Å². The molecule has 2 aliphatic rings. The number of aromatic nitrogens is 5. The SMILES string of the molecule is c1cc(Nc2ncc3ccc4ncn(C5CCCC5)c4c3n2)ncc1N1CCNCC1. The summed E-state index contributed by atoms with van der Waals surface area (Å²) in [6.07, 6.45) is 10.8. The van der Waals surface area contributed by atoms with E-state index in [0.29, 0.717) is 12.0 Å². The predicted molar refractivity (Wildman–Crippen MR) is 123 cm³/mol. The number of fused-ring (bicyclic) bond motifs is 3. The molecule has 1 saturated carbocycles. The van der Waals surface area contributed by atoms with Crippen LogP contribution in [0.15, 0.2) is 43.0 Å². The zero-order chi connectivity index (χ0) is 20.6. The first-order valence-electron chi connectivity index (χ1n) is 11.2. The van der Waals surface area contributed by atoms with Gasteiger partial charge in [0.25, 0.3) is 0 Å². The van der Waals surface area contributed by atoms with E-state index in [1.165, 1.54) is 25.7 Å². The van der Waals surface area contributed by atoms with E-state index in [-0.39, 0.29) is 0 Å². The maximum absolute atomic E-state index is 4.87. The minimum Gasteiger partial charge on any atom is -0.368 e. The molecule has 1 aliphatic carbocycles. The Morgan fingerprint density at radius 3 is 2.61 bits per heavy atom. The summed E-state index contributed by atoms with van der Waals surface area (Å²) in [5.74, 6) is 1.30. The molecule has 0 amide bonds. The summed E-state index contributed by atoms with van der Waals surface area (Å²) in [5, 5.41) is 7.68. The normalized spacial score (nSPS) is 17.6. The molecule has 8 heteroatoms. The topological polar surface area (TPSA) is 83.8 Å². The van der Waals surface area contributed by atoms with Gasteiger partial charge >= 0.3 is 0 Å². The Morgan fingerprint density at radius 2 is 1.81 bits per heavy atom. The fourth-order valence-corrected chi connectivity index (χ4v) is 4.82. The van der Waals surface area contributed by atoms with E-state index in [1.807, 2.05) is 30.9 Å². The molecule has 2 N–H and O–H groups in total. The highest BCUT2D eigenvalue weighted by molar-refractivity contribution is 6.02. The Kier molecular flexibility index (Phi) is 4.64. The molecular weight excluding hydrogens is 388 g/mol. The third kappa shape index (κ3) is 3.46. The van der Waals surface area contributed by atoms with Gasteiger partial charge in [0.05, 0.1) is 29.2 Å². The number of nitrogens with zero attached hydrogens (tertiary/aromatic N) is 6. The van der Waals surface area contributed by atoms with E-state index in [9.17, 15) is 0 Å². The van der Waals surface area contributed by atoms with E-state index >= 15 is 0 Å². The standard InChI is InChI=1S/C23H26N8/c1-2-4-17(3-1)31-15-27-19-7-5-16-13-26-23(29-21(16)22(19)31)28-20-8-6-18(14-25-20)30-11-9-24-10-12-30/h5-8,13-15,17,24H,1-4,9-12H2,(H,25,26,28,29). The lowest BCUT2D eigenvalue weighted by Gasteiger charge is -2.29. The molecule has 0 atom stereocenters. The molecule has 0 unspecified atom stereocenters. The van der Waals surface area contributed by atoms with Gasteiger partial charge in [-0.05, 0) is 37.1 Å². The van der Waals surface area contributed by atoms with Crippen molar-refractivity contribution in [3.63, 3.8) is 0 Å². The number of piperazine rings is 1. The molecule has 158 valence electrons. The van der Waals surface area contributed by atoms with Crippen LogP contribution in [0.4, 0.5) is 17.5 Å². The van der Waals surface area contributed by atoms with Gasteiger partial charge in [0.1, 0.15) is 11.3 Å². The molecule has 1 saturated heterocycles. The van der Waals surface area contributed by atoms with Crippen LogP contribution in [0, 0.1) is 0 Å². The second kappa shape index (κ2) is 7.77. The summed E-state index contributed by atoms with van der Waals surface area (Å²) in [7, 11) is 0. The number of hydrogen-bond acceptors (Lipinski definition) is 7. The van der Waals surface area contributed by atoms with Gasteiger partial charge in [-0.3, -0.25) is 0 Å². The fraction of sp³-hybridized carbons (Fsp3) is 0.391. The van der Waals surface area contributed by atoms with Crippen molar-refractivity contribution >= 4 is 39.4 Å². The molecule has 31 heavy (non-hydrogen) atoms. The van der Waals surface area contributed by atoms with Gasteiger partial charge < -0.3 is 20.1 Å². The van der Waals surface area contributed by atoms with Crippen molar-refractivity contribution in [2.45, 2.75) is 31.7 Å². The van der Waals surface area contributed by atoms with Crippen molar-refractivity contribution < 1.29 is 0 Å². The van der Waals surface area contributed by atoms with Crippen LogP contribution < -0.4 is 15.5 Å². The second-order valence-corrected chi connectivity index (χ2v) is 8.42. The smallest absolute Gasteiger partial charge is 0.228 e. The summed E-state index contributed by atoms with van der Waals surface area (Å²) >= 11 is 0. The minimum atomic E-state index is 0.515. The minimum absolute atomic E-state index is 0.515. The quantitative estimate of drug-likeness (QED) is 0.527. The molecule has 1 aliphatic heterocycles. The molecule has 0 spiro atoms. The van der Waals surface area contributed by atoms with Crippen LogP contribution in [0.5, 0.6) is 0 Å². The van der Waals surface area contributed by atoms with Crippen molar-refractivity contribution in [3.8, 4) is 0 Å². The van der Waals surface area contributed by atoms with Crippen LogP contribution in [0.25, 0.3) is 21.9 Å². The Balaban J connectivity index is 1.31. The summed E-state index contributed by atoms with van der Waals surface area (Å²) in [5.41, 5.74) is 4.19. The van der Waals surface area contributed by atoms with Crippen LogP contribution in [-0.4, -0.2) is 50.7 Å². The first-order valence-corrected chi connectivity index (χ1v) is 11.2. The van der Waals surface area contributed by atoms with Gasteiger partial charge in [-0.1, -0.05) is 12.8 Å². The summed E-state index contributed by atoms with van der Waals surface area (Å²) in [4.78, 5) is 21.0. The predicted octanol–water partition coefficient (Wildman–Crippen LogP) is 3.64. The molecule has 0 radical (unpaired) electrons. The zero-order valence-corrected chi connectivity index (χ0v) is 17.5. The Hall–Kier alpha value is -3.26. The Morgan fingerprint density at radius 1 is 0.935 bits per heavy atom. The van der Waals surface area contributed by atoms with Crippen LogP contribution in [-0.2, 0) is 0 Å². The van der Waals surface area contributed by atoms with E-state index in [2.05, 4.69) is 47.2 Å². The monoisotopic (exact) mass is 414 g/mol. The van der Waals surface area contributed by atoms with Gasteiger partial charge in [0.2, 0.25) is 5.95 Å². The molecule has 4 heterocycles. The molecule has 3 aromatic heterocycles. The third-order valence-corrected chi connectivity index (χ3v) is 6.47. The zero-order valence-electron chi connectivity index (χ0n) is 17.5. The Labute approximate surface area is 180 Å². The van der Waals surface area contributed by atoms with Crippen LogP contribution in [0.3, 0.4) is 0 Å². The lowest BCUT2D eigenvalue weighted by atomic mass is 10.2. The van der Waals surface area contributed by atoms with Crippen molar-refractivity contribution in [2.75, 3.05) is 36.4 Å². The number of benzene rings is 1.